The lowest BCUT2D eigenvalue weighted by atomic mass is 10.2. The van der Waals surface area contributed by atoms with Crippen LogP contribution in [0.2, 0.25) is 0 Å². The van der Waals surface area contributed by atoms with Crippen molar-refractivity contribution in [3.63, 3.8) is 0 Å². The number of carbonyl (C=O) groups excluding carboxylic acids is 1. The Balaban J connectivity index is 1.86. The number of anilines is 3. The molecule has 1 aliphatic heterocycles. The van der Waals surface area contributed by atoms with Crippen molar-refractivity contribution in [2.45, 2.75) is 6.61 Å². The predicted octanol–water partition coefficient (Wildman–Crippen LogP) is 2.44. The lowest BCUT2D eigenvalue weighted by Gasteiger charge is -2.13. The number of nitrogens with zero attached hydrogens (tertiary/aromatic N) is 3. The molecule has 0 saturated heterocycles. The van der Waals surface area contributed by atoms with E-state index >= 15 is 0 Å². The average molecular weight is 356 g/mol. The van der Waals surface area contributed by atoms with Gasteiger partial charge in [-0.1, -0.05) is 0 Å². The Morgan fingerprint density at radius 3 is 3.04 bits per heavy atom. The second-order valence-electron chi connectivity index (χ2n) is 5.85. The molecule has 134 valence electrons. The molecule has 26 heavy (non-hydrogen) atoms. The monoisotopic (exact) mass is 356 g/mol. The first kappa shape index (κ1) is 16.3. The number of aromatic nitrogens is 3. The molecule has 3 aromatic rings. The zero-order chi connectivity index (χ0) is 18.1. The number of hydrogen-bond donors (Lipinski definition) is 3. The second kappa shape index (κ2) is 6.60. The van der Waals surface area contributed by atoms with E-state index in [0.717, 1.165) is 0 Å². The van der Waals surface area contributed by atoms with Gasteiger partial charge in [-0.3, -0.25) is 0 Å². The van der Waals surface area contributed by atoms with Crippen LogP contribution in [0, 0.1) is 5.82 Å². The summed E-state index contributed by atoms with van der Waals surface area (Å²) in [6.07, 6.45) is 1.42. The minimum absolute atomic E-state index is 0.243. The molecule has 0 fully saturated rings. The van der Waals surface area contributed by atoms with Gasteiger partial charge in [0, 0.05) is 25.3 Å². The Morgan fingerprint density at radius 2 is 2.19 bits per heavy atom. The molecular formula is C17H17FN6O2. The van der Waals surface area contributed by atoms with E-state index in [1.807, 2.05) is 0 Å². The molecule has 4 bridgehead atoms. The Bertz CT molecular complexity index is 987. The Morgan fingerprint density at radius 1 is 1.31 bits per heavy atom. The summed E-state index contributed by atoms with van der Waals surface area (Å²) in [4.78, 5) is 21.1. The van der Waals surface area contributed by atoms with Crippen LogP contribution in [0.4, 0.5) is 26.4 Å². The van der Waals surface area contributed by atoms with Crippen molar-refractivity contribution in [2.75, 3.05) is 30.8 Å². The number of rotatable bonds is 1. The number of imidazole rings is 1. The quantitative estimate of drug-likeness (QED) is 0.620. The topological polar surface area (TPSA) is 93.1 Å². The van der Waals surface area contributed by atoms with Gasteiger partial charge in [-0.15, -0.1) is 0 Å². The molecule has 0 atom stereocenters. The maximum atomic E-state index is 13.9. The number of halogens is 1. The van der Waals surface area contributed by atoms with Crippen molar-refractivity contribution in [1.82, 2.24) is 19.9 Å². The molecule has 4 rings (SSSR count). The van der Waals surface area contributed by atoms with Gasteiger partial charge in [-0.2, -0.15) is 0 Å². The summed E-state index contributed by atoms with van der Waals surface area (Å²) in [6.45, 7) is 0.864. The molecule has 1 aliphatic rings. The van der Waals surface area contributed by atoms with Gasteiger partial charge < -0.3 is 20.7 Å². The summed E-state index contributed by atoms with van der Waals surface area (Å²) in [6, 6.07) is 6.01. The van der Waals surface area contributed by atoms with Crippen LogP contribution in [0.5, 0.6) is 0 Å². The zero-order valence-electron chi connectivity index (χ0n) is 14.0. The van der Waals surface area contributed by atoms with Crippen molar-refractivity contribution < 1.29 is 13.9 Å². The van der Waals surface area contributed by atoms with Gasteiger partial charge in [-0.25, -0.2) is 23.7 Å². The van der Waals surface area contributed by atoms with Crippen LogP contribution < -0.4 is 16.0 Å². The molecule has 0 saturated carbocycles. The molecular weight excluding hydrogens is 339 g/mol. The van der Waals surface area contributed by atoms with Gasteiger partial charge in [0.2, 0.25) is 0 Å². The summed E-state index contributed by atoms with van der Waals surface area (Å²) in [5.41, 5.74) is 2.90. The lowest BCUT2D eigenvalue weighted by Crippen LogP contribution is -2.31. The minimum Gasteiger partial charge on any atom is -0.386 e. The highest BCUT2D eigenvalue weighted by molar-refractivity contribution is 5.94. The fraction of sp³-hybridized carbons (Fsp3) is 0.235. The Hall–Kier alpha value is -3.20. The predicted molar refractivity (Wildman–Crippen MR) is 95.2 cm³/mol. The normalized spacial score (nSPS) is 14.6. The van der Waals surface area contributed by atoms with Crippen molar-refractivity contribution in [3.8, 4) is 0 Å². The first-order chi connectivity index (χ1) is 12.6. The van der Waals surface area contributed by atoms with E-state index in [-0.39, 0.29) is 18.5 Å². The van der Waals surface area contributed by atoms with Crippen LogP contribution in [-0.4, -0.2) is 40.8 Å². The van der Waals surface area contributed by atoms with Crippen LogP contribution in [0.1, 0.15) is 5.56 Å². The SMILES string of the molecule is CNc1cc2nc3c1ncn3C(=O)NCCOCc1cc(F)cc(c1)N2. The molecule has 2 aromatic heterocycles. The largest absolute Gasteiger partial charge is 0.386 e. The zero-order valence-corrected chi connectivity index (χ0v) is 14.0. The van der Waals surface area contributed by atoms with Gasteiger partial charge in [0.25, 0.3) is 0 Å². The molecule has 3 heterocycles. The van der Waals surface area contributed by atoms with Gasteiger partial charge in [0.1, 0.15) is 23.5 Å². The summed E-state index contributed by atoms with van der Waals surface area (Å²) in [5.74, 6) is 0.0971. The number of ether oxygens (including phenoxy) is 1. The highest BCUT2D eigenvalue weighted by atomic mass is 19.1. The number of hydrogen-bond acceptors (Lipinski definition) is 6. The third kappa shape index (κ3) is 3.04. The molecule has 3 N–H and O–H groups in total. The van der Waals surface area contributed by atoms with Gasteiger partial charge in [0.05, 0.1) is 18.9 Å². The molecule has 1 amide bonds. The van der Waals surface area contributed by atoms with E-state index in [0.29, 0.717) is 47.1 Å². The number of nitrogens with one attached hydrogen (secondary N) is 3. The van der Waals surface area contributed by atoms with E-state index in [4.69, 9.17) is 4.74 Å². The highest BCUT2D eigenvalue weighted by Crippen LogP contribution is 2.26. The Kier molecular flexibility index (Phi) is 4.13. The molecule has 0 radical (unpaired) electrons. The number of carbonyl (C=O) groups is 1. The number of benzene rings is 1. The van der Waals surface area contributed by atoms with E-state index < -0.39 is 0 Å². The van der Waals surface area contributed by atoms with E-state index in [1.165, 1.54) is 23.0 Å². The van der Waals surface area contributed by atoms with Crippen molar-refractivity contribution in [1.29, 1.82) is 0 Å². The maximum absolute atomic E-state index is 13.9. The highest BCUT2D eigenvalue weighted by Gasteiger charge is 2.16. The van der Waals surface area contributed by atoms with Crippen molar-refractivity contribution in [2.24, 2.45) is 0 Å². The van der Waals surface area contributed by atoms with Crippen LogP contribution in [0.15, 0.2) is 30.6 Å². The average Bonchev–Trinajstić information content (AvgIpc) is 3.03. The first-order valence-corrected chi connectivity index (χ1v) is 8.12. The number of amides is 1. The fourth-order valence-electron chi connectivity index (χ4n) is 2.85. The van der Waals surface area contributed by atoms with E-state index in [9.17, 15) is 9.18 Å². The van der Waals surface area contributed by atoms with Gasteiger partial charge in [-0.05, 0) is 23.8 Å². The molecule has 0 unspecified atom stereocenters. The summed E-state index contributed by atoms with van der Waals surface area (Å²) < 4.78 is 20.8. The molecule has 1 aromatic carbocycles. The smallest absolute Gasteiger partial charge is 0.328 e. The second-order valence-corrected chi connectivity index (χ2v) is 5.85. The third-order valence-electron chi connectivity index (χ3n) is 4.01. The molecule has 0 aliphatic carbocycles. The summed E-state index contributed by atoms with van der Waals surface area (Å²) >= 11 is 0. The van der Waals surface area contributed by atoms with Crippen LogP contribution in [0.25, 0.3) is 11.2 Å². The third-order valence-corrected chi connectivity index (χ3v) is 4.01. The van der Waals surface area contributed by atoms with Crippen molar-refractivity contribution >= 4 is 34.4 Å². The van der Waals surface area contributed by atoms with Crippen molar-refractivity contribution in [3.05, 3.63) is 42.0 Å². The Labute approximate surface area is 148 Å². The standard InChI is InChI=1S/C17H17FN6O2/c1-19-13-7-14-22-12-5-10(4-11(18)6-12)8-26-3-2-20-17(25)24-9-21-15(13)16(24)23-14/h4-7,9H,2-3,8H2,1H3,(H,20,25)(H2,19,22,23). The van der Waals surface area contributed by atoms with Gasteiger partial charge >= 0.3 is 6.03 Å². The summed E-state index contributed by atoms with van der Waals surface area (Å²) in [7, 11) is 1.76. The first-order valence-electron chi connectivity index (χ1n) is 8.12. The molecule has 0 spiro atoms. The van der Waals surface area contributed by atoms with Crippen LogP contribution >= 0.6 is 0 Å². The lowest BCUT2D eigenvalue weighted by molar-refractivity contribution is 0.123. The molecule has 9 heteroatoms. The fourth-order valence-corrected chi connectivity index (χ4v) is 2.85. The minimum atomic E-state index is -0.367. The summed E-state index contributed by atoms with van der Waals surface area (Å²) in [5, 5.41) is 8.88. The number of fused-ring (bicyclic) bond motifs is 3. The van der Waals surface area contributed by atoms with Crippen LogP contribution in [0.3, 0.4) is 0 Å². The number of pyridine rings is 1. The molecule has 8 nitrogen and oxygen atoms in total. The van der Waals surface area contributed by atoms with Gasteiger partial charge in [0.15, 0.2) is 5.65 Å². The van der Waals surface area contributed by atoms with E-state index in [1.54, 1.807) is 19.2 Å². The van der Waals surface area contributed by atoms with Crippen LogP contribution in [-0.2, 0) is 11.3 Å². The maximum Gasteiger partial charge on any atom is 0.328 e. The van der Waals surface area contributed by atoms with E-state index in [2.05, 4.69) is 25.9 Å².